The molecule has 3 rings (SSSR count). The van der Waals surface area contributed by atoms with Gasteiger partial charge in [0.15, 0.2) is 5.78 Å². The lowest BCUT2D eigenvalue weighted by Crippen LogP contribution is -2.22. The number of aromatic nitrogens is 2. The van der Waals surface area contributed by atoms with E-state index in [2.05, 4.69) is 10.2 Å². The second-order valence-corrected chi connectivity index (χ2v) is 6.54. The van der Waals surface area contributed by atoms with Crippen molar-refractivity contribution in [2.75, 3.05) is 0 Å². The molecule has 27 heavy (non-hydrogen) atoms. The molecule has 2 heterocycles. The van der Waals surface area contributed by atoms with Crippen LogP contribution in [0.2, 0.25) is 0 Å². The first kappa shape index (κ1) is 18.7. The third kappa shape index (κ3) is 4.53. The number of benzene rings is 1. The maximum atomic E-state index is 11.4. The SMILES string of the molecule is CCc1nnc(S/C(=C/c2ccc(-c3ccc(C(C)=O)cc3)o2)C(=O)[O-])o1. The fourth-order valence-corrected chi connectivity index (χ4v) is 2.90. The molecule has 0 N–H and O–H groups in total. The van der Waals surface area contributed by atoms with Crippen LogP contribution in [0.25, 0.3) is 17.4 Å². The molecule has 0 aliphatic carbocycles. The quantitative estimate of drug-likeness (QED) is 0.348. The van der Waals surface area contributed by atoms with Gasteiger partial charge in [0.2, 0.25) is 5.89 Å². The van der Waals surface area contributed by atoms with Crippen LogP contribution in [0.4, 0.5) is 0 Å². The molecule has 8 heteroatoms. The van der Waals surface area contributed by atoms with Gasteiger partial charge in [-0.05, 0) is 36.9 Å². The van der Waals surface area contributed by atoms with Crippen molar-refractivity contribution < 1.29 is 23.5 Å². The van der Waals surface area contributed by atoms with Gasteiger partial charge in [0.25, 0.3) is 5.22 Å². The number of carboxylic acids is 1. The van der Waals surface area contributed by atoms with Gasteiger partial charge >= 0.3 is 0 Å². The molecule has 0 bridgehead atoms. The molecule has 0 fully saturated rings. The number of aliphatic carboxylic acids is 1. The summed E-state index contributed by atoms with van der Waals surface area (Å²) in [4.78, 5) is 22.6. The van der Waals surface area contributed by atoms with Gasteiger partial charge in [-0.1, -0.05) is 31.2 Å². The number of carbonyl (C=O) groups is 2. The number of hydrogen-bond acceptors (Lipinski definition) is 8. The van der Waals surface area contributed by atoms with Gasteiger partial charge in [-0.15, -0.1) is 10.2 Å². The van der Waals surface area contributed by atoms with Crippen molar-refractivity contribution in [2.24, 2.45) is 0 Å². The zero-order valence-corrected chi connectivity index (χ0v) is 15.4. The van der Waals surface area contributed by atoms with E-state index in [1.54, 1.807) is 36.4 Å². The minimum absolute atomic E-state index is 0.0208. The Labute approximate surface area is 159 Å². The number of rotatable bonds is 7. The first-order chi connectivity index (χ1) is 13.0. The fourth-order valence-electron chi connectivity index (χ4n) is 2.23. The van der Waals surface area contributed by atoms with Gasteiger partial charge in [-0.3, -0.25) is 4.79 Å². The van der Waals surface area contributed by atoms with Gasteiger partial charge in [0.05, 0.1) is 5.97 Å². The van der Waals surface area contributed by atoms with Crippen LogP contribution in [0.5, 0.6) is 0 Å². The highest BCUT2D eigenvalue weighted by Gasteiger charge is 2.12. The highest BCUT2D eigenvalue weighted by molar-refractivity contribution is 8.03. The van der Waals surface area contributed by atoms with Crippen molar-refractivity contribution in [2.45, 2.75) is 25.5 Å². The highest BCUT2D eigenvalue weighted by Crippen LogP contribution is 2.29. The summed E-state index contributed by atoms with van der Waals surface area (Å²) in [5.74, 6) is -0.0929. The lowest BCUT2D eigenvalue weighted by molar-refractivity contribution is -0.298. The Kier molecular flexibility index (Phi) is 5.56. The van der Waals surface area contributed by atoms with E-state index >= 15 is 0 Å². The number of aryl methyl sites for hydroxylation is 1. The van der Waals surface area contributed by atoms with Crippen LogP contribution in [-0.4, -0.2) is 21.9 Å². The van der Waals surface area contributed by atoms with Crippen molar-refractivity contribution >= 4 is 29.6 Å². The number of carboxylic acid groups (broad SMARTS) is 1. The molecular weight excluding hydrogens is 368 g/mol. The van der Waals surface area contributed by atoms with E-state index in [4.69, 9.17) is 8.83 Å². The first-order valence-electron chi connectivity index (χ1n) is 8.10. The molecule has 138 valence electrons. The van der Waals surface area contributed by atoms with Crippen LogP contribution < -0.4 is 5.11 Å². The number of carbonyl (C=O) groups excluding carboxylic acids is 2. The molecule has 0 atom stereocenters. The van der Waals surface area contributed by atoms with Crippen molar-refractivity contribution in [3.05, 3.63) is 58.5 Å². The van der Waals surface area contributed by atoms with Gasteiger partial charge in [-0.25, -0.2) is 0 Å². The van der Waals surface area contributed by atoms with E-state index in [0.717, 1.165) is 17.3 Å². The molecule has 0 amide bonds. The topological polar surface area (TPSA) is 109 Å². The number of Topliss-reactive ketones (excluding diaryl/α,β-unsaturated/α-hetero) is 1. The predicted octanol–water partition coefficient (Wildman–Crippen LogP) is 2.98. The average molecular weight is 383 g/mol. The van der Waals surface area contributed by atoms with E-state index < -0.39 is 5.97 Å². The summed E-state index contributed by atoms with van der Waals surface area (Å²) in [5.41, 5.74) is 1.37. The van der Waals surface area contributed by atoms with E-state index in [0.29, 0.717) is 29.4 Å². The summed E-state index contributed by atoms with van der Waals surface area (Å²) in [5, 5.41) is 19.1. The molecule has 2 aromatic heterocycles. The van der Waals surface area contributed by atoms with Crippen LogP contribution in [0.3, 0.4) is 0 Å². The van der Waals surface area contributed by atoms with Crippen molar-refractivity contribution in [3.8, 4) is 11.3 Å². The summed E-state index contributed by atoms with van der Waals surface area (Å²) in [7, 11) is 0. The van der Waals surface area contributed by atoms with Crippen molar-refractivity contribution in [1.29, 1.82) is 0 Å². The molecule has 1 aromatic carbocycles. The second kappa shape index (κ2) is 8.05. The van der Waals surface area contributed by atoms with Crippen LogP contribution >= 0.6 is 11.8 Å². The third-order valence-corrected chi connectivity index (χ3v) is 4.47. The monoisotopic (exact) mass is 383 g/mol. The number of hydrogen-bond donors (Lipinski definition) is 0. The zero-order valence-electron chi connectivity index (χ0n) is 14.6. The van der Waals surface area contributed by atoms with E-state index in [-0.39, 0.29) is 15.9 Å². The highest BCUT2D eigenvalue weighted by atomic mass is 32.2. The maximum Gasteiger partial charge on any atom is 0.281 e. The summed E-state index contributed by atoms with van der Waals surface area (Å²) in [6.45, 7) is 3.35. The third-order valence-electron chi connectivity index (χ3n) is 3.63. The summed E-state index contributed by atoms with van der Waals surface area (Å²) < 4.78 is 11.0. The van der Waals surface area contributed by atoms with E-state index in [1.807, 2.05) is 6.92 Å². The maximum absolute atomic E-state index is 11.4. The molecule has 0 saturated heterocycles. The number of thioether (sulfide) groups is 1. The lowest BCUT2D eigenvalue weighted by atomic mass is 10.1. The molecule has 7 nitrogen and oxygen atoms in total. The molecule has 0 spiro atoms. The summed E-state index contributed by atoms with van der Waals surface area (Å²) in [6, 6.07) is 10.3. The Morgan fingerprint density at radius 2 is 1.85 bits per heavy atom. The smallest absolute Gasteiger partial charge is 0.281 e. The molecule has 0 aliphatic rings. The van der Waals surface area contributed by atoms with Gasteiger partial charge in [-0.2, -0.15) is 0 Å². The fraction of sp³-hybridized carbons (Fsp3) is 0.158. The normalized spacial score (nSPS) is 11.6. The van der Waals surface area contributed by atoms with E-state index in [1.165, 1.54) is 13.0 Å². The second-order valence-electron chi connectivity index (χ2n) is 5.55. The van der Waals surface area contributed by atoms with Crippen LogP contribution in [0.1, 0.15) is 35.9 Å². The van der Waals surface area contributed by atoms with Gasteiger partial charge in [0, 0.05) is 22.5 Å². The van der Waals surface area contributed by atoms with Crippen molar-refractivity contribution in [3.63, 3.8) is 0 Å². The van der Waals surface area contributed by atoms with Crippen LogP contribution in [0, 0.1) is 0 Å². The number of ketones is 1. The van der Waals surface area contributed by atoms with E-state index in [9.17, 15) is 14.7 Å². The molecular formula is C19H15N2O5S-. The molecule has 0 unspecified atom stereocenters. The Balaban J connectivity index is 1.82. The standard InChI is InChI=1S/C19H16N2O5S/c1-3-17-20-21-19(26-17)27-16(18(23)24)10-14-8-9-15(25-14)13-6-4-12(5-7-13)11(2)22/h4-10H,3H2,1-2H3,(H,23,24)/p-1/b16-10+. The summed E-state index contributed by atoms with van der Waals surface area (Å²) in [6.07, 6.45) is 1.89. The van der Waals surface area contributed by atoms with Gasteiger partial charge < -0.3 is 18.7 Å². The largest absolute Gasteiger partial charge is 0.544 e. The number of nitrogens with zero attached hydrogens (tertiary/aromatic N) is 2. The average Bonchev–Trinajstić information content (AvgIpc) is 3.30. The van der Waals surface area contributed by atoms with Gasteiger partial charge in [0.1, 0.15) is 11.5 Å². The van der Waals surface area contributed by atoms with Crippen LogP contribution in [0.15, 0.2) is 55.4 Å². The van der Waals surface area contributed by atoms with Crippen molar-refractivity contribution in [1.82, 2.24) is 10.2 Å². The Bertz CT molecular complexity index is 1000. The Hall–Kier alpha value is -3.13. The summed E-state index contributed by atoms with van der Waals surface area (Å²) >= 11 is 0.799. The molecule has 3 aromatic rings. The lowest BCUT2D eigenvalue weighted by Gasteiger charge is -2.04. The number of furan rings is 1. The minimum atomic E-state index is -1.37. The molecule has 0 radical (unpaired) electrons. The predicted molar refractivity (Wildman–Crippen MR) is 96.7 cm³/mol. The molecule has 0 saturated carbocycles. The Morgan fingerprint density at radius 1 is 1.11 bits per heavy atom. The van der Waals surface area contributed by atoms with Crippen LogP contribution in [-0.2, 0) is 11.2 Å². The molecule has 0 aliphatic heterocycles. The Morgan fingerprint density at radius 3 is 2.44 bits per heavy atom. The minimum Gasteiger partial charge on any atom is -0.544 e. The first-order valence-corrected chi connectivity index (χ1v) is 8.92. The zero-order chi connectivity index (χ0) is 19.4.